The topological polar surface area (TPSA) is 80.5 Å². The number of anilines is 1. The zero-order valence-electron chi connectivity index (χ0n) is 14.3. The highest BCUT2D eigenvalue weighted by Gasteiger charge is 2.19. The van der Waals surface area contributed by atoms with E-state index in [1.807, 2.05) is 24.3 Å². The van der Waals surface area contributed by atoms with Crippen LogP contribution in [0.15, 0.2) is 29.4 Å². The van der Waals surface area contributed by atoms with Gasteiger partial charge in [-0.3, -0.25) is 0 Å². The van der Waals surface area contributed by atoms with Crippen LogP contribution in [0.3, 0.4) is 0 Å². The molecule has 0 saturated heterocycles. The van der Waals surface area contributed by atoms with Crippen molar-refractivity contribution in [1.82, 2.24) is 19.9 Å². The molecular weight excluding hydrogens is 362 g/mol. The molecule has 1 aliphatic carbocycles. The molecule has 0 amide bonds. The Morgan fingerprint density at radius 3 is 2.88 bits per heavy atom. The van der Waals surface area contributed by atoms with Crippen molar-refractivity contribution in [2.75, 3.05) is 5.73 Å². The standard InChI is InChI=1S/C19H19N5S2/c20-17-16-11-6-2-1-3-9-14(11)26-18(16)24-15(23-17)10-25-19-21-12-7-4-5-8-13(12)22-19/h4-5,7-8H,1-3,6,9-10H2,(H,21,22)(H2,20,23,24). The van der Waals surface area contributed by atoms with Crippen LogP contribution in [0.1, 0.15) is 35.5 Å². The molecule has 0 saturated carbocycles. The van der Waals surface area contributed by atoms with Gasteiger partial charge in [0.25, 0.3) is 0 Å². The largest absolute Gasteiger partial charge is 0.383 e. The third-order valence-electron chi connectivity index (χ3n) is 4.84. The van der Waals surface area contributed by atoms with E-state index in [1.54, 1.807) is 23.1 Å². The highest BCUT2D eigenvalue weighted by Crippen LogP contribution is 2.37. The van der Waals surface area contributed by atoms with E-state index in [0.717, 1.165) is 45.1 Å². The first-order chi connectivity index (χ1) is 12.8. The van der Waals surface area contributed by atoms with Crippen molar-refractivity contribution in [2.45, 2.75) is 43.0 Å². The van der Waals surface area contributed by atoms with E-state index in [1.165, 1.54) is 29.7 Å². The summed E-state index contributed by atoms with van der Waals surface area (Å²) < 4.78 is 0. The molecule has 3 heterocycles. The lowest BCUT2D eigenvalue weighted by atomic mass is 10.1. The maximum atomic E-state index is 6.33. The lowest BCUT2D eigenvalue weighted by Gasteiger charge is -2.04. The number of benzene rings is 1. The van der Waals surface area contributed by atoms with Gasteiger partial charge in [0.2, 0.25) is 0 Å². The molecule has 4 aromatic rings. The molecule has 0 atom stereocenters. The molecule has 3 N–H and O–H groups in total. The normalized spacial score (nSPS) is 14.6. The van der Waals surface area contributed by atoms with Gasteiger partial charge in [-0.25, -0.2) is 15.0 Å². The Balaban J connectivity index is 1.44. The third-order valence-corrected chi connectivity index (χ3v) is 6.90. The molecular formula is C19H19N5S2. The minimum Gasteiger partial charge on any atom is -0.383 e. The number of nitrogen functional groups attached to an aromatic ring is 1. The van der Waals surface area contributed by atoms with Gasteiger partial charge in [-0.1, -0.05) is 30.3 Å². The van der Waals surface area contributed by atoms with Crippen molar-refractivity contribution in [3.05, 3.63) is 40.5 Å². The van der Waals surface area contributed by atoms with Gasteiger partial charge in [0.1, 0.15) is 16.5 Å². The number of para-hydroxylation sites is 2. The number of nitrogens with zero attached hydrogens (tertiary/aromatic N) is 3. The fourth-order valence-electron chi connectivity index (χ4n) is 3.60. The average Bonchev–Trinajstić information content (AvgIpc) is 3.14. The van der Waals surface area contributed by atoms with Crippen LogP contribution in [0.5, 0.6) is 0 Å². The number of fused-ring (bicyclic) bond motifs is 4. The van der Waals surface area contributed by atoms with E-state index in [0.29, 0.717) is 11.6 Å². The van der Waals surface area contributed by atoms with E-state index in [4.69, 9.17) is 10.7 Å². The molecule has 0 aliphatic heterocycles. The maximum absolute atomic E-state index is 6.33. The van der Waals surface area contributed by atoms with Gasteiger partial charge in [-0.05, 0) is 43.4 Å². The maximum Gasteiger partial charge on any atom is 0.166 e. The summed E-state index contributed by atoms with van der Waals surface area (Å²) in [4.78, 5) is 19.8. The average molecular weight is 382 g/mol. The highest BCUT2D eigenvalue weighted by atomic mass is 32.2. The number of hydrogen-bond donors (Lipinski definition) is 2. The van der Waals surface area contributed by atoms with Gasteiger partial charge in [-0.2, -0.15) is 0 Å². The Hall–Kier alpha value is -2.12. The number of thiophene rings is 1. The smallest absolute Gasteiger partial charge is 0.166 e. The number of imidazole rings is 1. The summed E-state index contributed by atoms with van der Waals surface area (Å²) in [7, 11) is 0. The molecule has 7 heteroatoms. The Bertz CT molecular complexity index is 1070. The minimum atomic E-state index is 0.634. The number of thioether (sulfide) groups is 1. The van der Waals surface area contributed by atoms with Crippen molar-refractivity contribution in [2.24, 2.45) is 0 Å². The Morgan fingerprint density at radius 1 is 1.08 bits per heavy atom. The molecule has 0 fully saturated rings. The first kappa shape index (κ1) is 16.1. The number of nitrogens with two attached hydrogens (primary N) is 1. The van der Waals surface area contributed by atoms with Gasteiger partial charge in [0.15, 0.2) is 5.16 Å². The third kappa shape index (κ3) is 2.85. The fourth-order valence-corrected chi connectivity index (χ4v) is 5.63. The molecule has 3 aromatic heterocycles. The molecule has 0 bridgehead atoms. The van der Waals surface area contributed by atoms with E-state index in [2.05, 4.69) is 15.0 Å². The van der Waals surface area contributed by atoms with E-state index >= 15 is 0 Å². The Kier molecular flexibility index (Phi) is 4.05. The highest BCUT2D eigenvalue weighted by molar-refractivity contribution is 7.98. The zero-order valence-corrected chi connectivity index (χ0v) is 15.9. The molecule has 132 valence electrons. The molecule has 1 aromatic carbocycles. The summed E-state index contributed by atoms with van der Waals surface area (Å²) in [5.74, 6) is 2.06. The molecule has 0 radical (unpaired) electrons. The summed E-state index contributed by atoms with van der Waals surface area (Å²) in [5, 5.41) is 1.99. The summed E-state index contributed by atoms with van der Waals surface area (Å²) >= 11 is 3.42. The quantitative estimate of drug-likeness (QED) is 0.397. The summed E-state index contributed by atoms with van der Waals surface area (Å²) in [6.07, 6.45) is 6.06. The van der Waals surface area contributed by atoms with E-state index in [-0.39, 0.29) is 0 Å². The Morgan fingerprint density at radius 2 is 1.96 bits per heavy atom. The number of aromatic nitrogens is 4. The number of H-pyrrole nitrogens is 1. The molecule has 26 heavy (non-hydrogen) atoms. The number of nitrogens with one attached hydrogen (secondary N) is 1. The molecule has 5 rings (SSSR count). The predicted molar refractivity (Wildman–Crippen MR) is 109 cm³/mol. The van der Waals surface area contributed by atoms with Crippen LogP contribution in [0, 0.1) is 0 Å². The van der Waals surface area contributed by atoms with Crippen LogP contribution in [-0.4, -0.2) is 19.9 Å². The van der Waals surface area contributed by atoms with Crippen LogP contribution >= 0.6 is 23.1 Å². The van der Waals surface area contributed by atoms with Gasteiger partial charge in [-0.15, -0.1) is 11.3 Å². The summed E-state index contributed by atoms with van der Waals surface area (Å²) in [6, 6.07) is 8.05. The van der Waals surface area contributed by atoms with Crippen molar-refractivity contribution in [1.29, 1.82) is 0 Å². The van der Waals surface area contributed by atoms with Gasteiger partial charge in [0, 0.05) is 4.88 Å². The lowest BCUT2D eigenvalue weighted by molar-refractivity contribution is 0.713. The van der Waals surface area contributed by atoms with Crippen molar-refractivity contribution < 1.29 is 0 Å². The molecule has 5 nitrogen and oxygen atoms in total. The second-order valence-corrected chi connectivity index (χ2v) is 8.67. The van der Waals surface area contributed by atoms with Crippen molar-refractivity contribution in [3.8, 4) is 0 Å². The van der Waals surface area contributed by atoms with E-state index in [9.17, 15) is 0 Å². The van der Waals surface area contributed by atoms with Gasteiger partial charge in [0.05, 0.1) is 22.2 Å². The second-order valence-electron chi connectivity index (χ2n) is 6.62. The van der Waals surface area contributed by atoms with Crippen LogP contribution in [0.2, 0.25) is 0 Å². The predicted octanol–water partition coefficient (Wildman–Crippen LogP) is 4.71. The lowest BCUT2D eigenvalue weighted by Crippen LogP contribution is -2.00. The van der Waals surface area contributed by atoms with Crippen molar-refractivity contribution >= 4 is 50.2 Å². The SMILES string of the molecule is Nc1nc(CSc2nc3ccccc3[nH]2)nc2sc3c(c12)CCCCC3. The number of rotatable bonds is 3. The molecule has 1 aliphatic rings. The van der Waals surface area contributed by atoms with Crippen LogP contribution in [0.25, 0.3) is 21.3 Å². The Labute approximate surface area is 159 Å². The van der Waals surface area contributed by atoms with Crippen molar-refractivity contribution in [3.63, 3.8) is 0 Å². The summed E-state index contributed by atoms with van der Waals surface area (Å²) in [6.45, 7) is 0. The van der Waals surface area contributed by atoms with Crippen LogP contribution in [-0.2, 0) is 18.6 Å². The molecule has 0 spiro atoms. The second kappa shape index (κ2) is 6.55. The number of aromatic amines is 1. The van der Waals surface area contributed by atoms with Gasteiger partial charge < -0.3 is 10.7 Å². The zero-order chi connectivity index (χ0) is 17.5. The first-order valence-corrected chi connectivity index (χ1v) is 10.7. The van der Waals surface area contributed by atoms with Gasteiger partial charge >= 0.3 is 0 Å². The number of hydrogen-bond acceptors (Lipinski definition) is 6. The number of aryl methyl sites for hydroxylation is 2. The first-order valence-electron chi connectivity index (χ1n) is 8.92. The monoisotopic (exact) mass is 381 g/mol. The summed E-state index contributed by atoms with van der Waals surface area (Å²) in [5.41, 5.74) is 9.76. The minimum absolute atomic E-state index is 0.634. The van der Waals surface area contributed by atoms with Crippen LogP contribution < -0.4 is 5.73 Å². The van der Waals surface area contributed by atoms with E-state index < -0.39 is 0 Å². The van der Waals surface area contributed by atoms with Crippen LogP contribution in [0.4, 0.5) is 5.82 Å². The fraction of sp³-hybridized carbons (Fsp3) is 0.316. The molecule has 0 unspecified atom stereocenters.